The Morgan fingerprint density at radius 2 is 2.39 bits per heavy atom. The van der Waals surface area contributed by atoms with Crippen LogP contribution in [-0.2, 0) is 4.79 Å². The van der Waals surface area contributed by atoms with Crippen LogP contribution in [0, 0.1) is 16.0 Å². The largest absolute Gasteiger partial charge is 0.330 e. The van der Waals surface area contributed by atoms with Gasteiger partial charge < -0.3 is 5.73 Å². The Labute approximate surface area is 111 Å². The van der Waals surface area contributed by atoms with E-state index in [2.05, 4.69) is 20.9 Å². The molecule has 96 valence electrons. The van der Waals surface area contributed by atoms with E-state index in [1.54, 1.807) is 0 Å². The highest BCUT2D eigenvalue weighted by Gasteiger charge is 2.32. The molecule has 18 heavy (non-hydrogen) atoms. The van der Waals surface area contributed by atoms with E-state index in [9.17, 15) is 14.9 Å². The lowest BCUT2D eigenvalue weighted by Gasteiger charge is -2.16. The number of aromatic nitrogens is 1. The molecule has 1 amide bonds. The number of amides is 1. The van der Waals surface area contributed by atoms with Gasteiger partial charge in [-0.3, -0.25) is 19.8 Å². The Kier molecular flexibility index (Phi) is 3.58. The lowest BCUT2D eigenvalue weighted by Crippen LogP contribution is -2.27. The summed E-state index contributed by atoms with van der Waals surface area (Å²) in [6, 6.07) is 1.34. The lowest BCUT2D eigenvalue weighted by atomic mass is 10.1. The van der Waals surface area contributed by atoms with Crippen molar-refractivity contribution in [2.75, 3.05) is 18.0 Å². The van der Waals surface area contributed by atoms with E-state index in [1.165, 1.54) is 11.0 Å². The molecule has 0 bridgehead atoms. The first-order valence-electron chi connectivity index (χ1n) is 5.33. The molecule has 1 aliphatic rings. The summed E-state index contributed by atoms with van der Waals surface area (Å²) < 4.78 is 0.433. The zero-order valence-electron chi connectivity index (χ0n) is 9.38. The summed E-state index contributed by atoms with van der Waals surface area (Å²) in [5.74, 6) is 0.454. The van der Waals surface area contributed by atoms with Crippen molar-refractivity contribution in [3.05, 3.63) is 26.9 Å². The van der Waals surface area contributed by atoms with E-state index in [-0.39, 0.29) is 17.5 Å². The summed E-state index contributed by atoms with van der Waals surface area (Å²) in [5.41, 5.74) is 5.42. The maximum Gasteiger partial charge on any atom is 0.288 e. The summed E-state index contributed by atoms with van der Waals surface area (Å²) in [4.78, 5) is 27.3. The molecule has 8 heteroatoms. The van der Waals surface area contributed by atoms with Crippen LogP contribution in [0.1, 0.15) is 6.42 Å². The molecule has 1 aromatic heterocycles. The van der Waals surface area contributed by atoms with Crippen LogP contribution in [0.5, 0.6) is 0 Å². The fourth-order valence-electron chi connectivity index (χ4n) is 1.86. The van der Waals surface area contributed by atoms with Crippen molar-refractivity contribution in [2.24, 2.45) is 11.7 Å². The van der Waals surface area contributed by atoms with E-state index in [4.69, 9.17) is 5.73 Å². The number of rotatable bonds is 3. The quantitative estimate of drug-likeness (QED) is 0.664. The van der Waals surface area contributed by atoms with Crippen LogP contribution in [0.2, 0.25) is 0 Å². The summed E-state index contributed by atoms with van der Waals surface area (Å²) in [6.07, 6.45) is 1.53. The fourth-order valence-corrected chi connectivity index (χ4v) is 2.41. The van der Waals surface area contributed by atoms with E-state index >= 15 is 0 Å². The molecule has 1 atom stereocenters. The van der Waals surface area contributed by atoms with Gasteiger partial charge in [0, 0.05) is 19.0 Å². The van der Waals surface area contributed by atoms with Gasteiger partial charge in [-0.15, -0.1) is 0 Å². The molecule has 1 unspecified atom stereocenters. The molecule has 1 fully saturated rings. The van der Waals surface area contributed by atoms with Gasteiger partial charge in [-0.05, 0) is 28.4 Å². The number of nitrogens with two attached hydrogens (primary N) is 1. The standard InChI is InChI=1S/C10H11BrN4O3/c11-8-2-7(15(17)18)4-13-10(8)14-5-6(3-12)1-9(14)16/h2,4,6H,1,3,5,12H2. The van der Waals surface area contributed by atoms with Gasteiger partial charge in [0.25, 0.3) is 5.69 Å². The first-order chi connectivity index (χ1) is 8.52. The number of carbonyl (C=O) groups excluding carboxylic acids is 1. The van der Waals surface area contributed by atoms with Gasteiger partial charge in [0.05, 0.1) is 9.40 Å². The van der Waals surface area contributed by atoms with Gasteiger partial charge in [-0.1, -0.05) is 0 Å². The molecular formula is C10H11BrN4O3. The van der Waals surface area contributed by atoms with Crippen molar-refractivity contribution in [1.29, 1.82) is 0 Å². The molecule has 7 nitrogen and oxygen atoms in total. The Hall–Kier alpha value is -1.54. The SMILES string of the molecule is NCC1CC(=O)N(c2ncc([N+](=O)[O-])cc2Br)C1. The third-order valence-corrected chi connectivity index (χ3v) is 3.40. The zero-order chi connectivity index (χ0) is 13.3. The van der Waals surface area contributed by atoms with Crippen molar-refractivity contribution in [1.82, 2.24) is 4.98 Å². The monoisotopic (exact) mass is 314 g/mol. The van der Waals surface area contributed by atoms with Crippen LogP contribution in [0.15, 0.2) is 16.7 Å². The van der Waals surface area contributed by atoms with Crippen LogP contribution in [0.25, 0.3) is 0 Å². The molecule has 1 aliphatic heterocycles. The minimum atomic E-state index is -0.532. The number of nitro groups is 1. The van der Waals surface area contributed by atoms with Crippen LogP contribution < -0.4 is 10.6 Å². The molecule has 1 saturated heterocycles. The molecule has 0 aliphatic carbocycles. The summed E-state index contributed by atoms with van der Waals surface area (Å²) in [6.45, 7) is 0.936. The van der Waals surface area contributed by atoms with Crippen LogP contribution >= 0.6 is 15.9 Å². The smallest absolute Gasteiger partial charge is 0.288 e. The molecule has 2 rings (SSSR count). The molecular weight excluding hydrogens is 304 g/mol. The Balaban J connectivity index is 2.29. The van der Waals surface area contributed by atoms with Gasteiger partial charge in [0.15, 0.2) is 0 Å². The van der Waals surface area contributed by atoms with Crippen molar-refractivity contribution in [3.8, 4) is 0 Å². The number of hydrogen-bond acceptors (Lipinski definition) is 5. The second-order valence-corrected chi connectivity index (χ2v) is 4.92. The van der Waals surface area contributed by atoms with E-state index in [0.29, 0.717) is 29.8 Å². The number of carbonyl (C=O) groups is 1. The van der Waals surface area contributed by atoms with Gasteiger partial charge >= 0.3 is 0 Å². The van der Waals surface area contributed by atoms with Crippen molar-refractivity contribution in [2.45, 2.75) is 6.42 Å². The minimum absolute atomic E-state index is 0.0625. The third kappa shape index (κ3) is 2.34. The van der Waals surface area contributed by atoms with Crippen LogP contribution in [-0.4, -0.2) is 28.9 Å². The van der Waals surface area contributed by atoms with Crippen LogP contribution in [0.4, 0.5) is 11.5 Å². The number of nitrogens with zero attached hydrogens (tertiary/aromatic N) is 3. The second kappa shape index (κ2) is 4.99. The number of anilines is 1. The summed E-state index contributed by atoms with van der Waals surface area (Å²) in [7, 11) is 0. The van der Waals surface area contributed by atoms with E-state index < -0.39 is 4.92 Å². The molecule has 0 radical (unpaired) electrons. The molecule has 1 aromatic rings. The molecule has 0 spiro atoms. The van der Waals surface area contributed by atoms with Gasteiger partial charge in [0.2, 0.25) is 5.91 Å². The highest BCUT2D eigenvalue weighted by Crippen LogP contribution is 2.31. The summed E-state index contributed by atoms with van der Waals surface area (Å²) >= 11 is 3.20. The fraction of sp³-hybridized carbons (Fsp3) is 0.400. The average molecular weight is 315 g/mol. The molecule has 2 heterocycles. The number of halogens is 1. The van der Waals surface area contributed by atoms with Gasteiger partial charge in [-0.25, -0.2) is 4.98 Å². The topological polar surface area (TPSA) is 102 Å². The van der Waals surface area contributed by atoms with Crippen molar-refractivity contribution in [3.63, 3.8) is 0 Å². The Morgan fingerprint density at radius 3 is 2.89 bits per heavy atom. The maximum atomic E-state index is 11.8. The van der Waals surface area contributed by atoms with Gasteiger partial charge in [-0.2, -0.15) is 0 Å². The Morgan fingerprint density at radius 1 is 1.67 bits per heavy atom. The number of hydrogen-bond donors (Lipinski definition) is 1. The van der Waals surface area contributed by atoms with Crippen molar-refractivity contribution >= 4 is 33.3 Å². The molecule has 0 saturated carbocycles. The summed E-state index contributed by atoms with van der Waals surface area (Å²) in [5, 5.41) is 10.6. The molecule has 0 aromatic carbocycles. The zero-order valence-corrected chi connectivity index (χ0v) is 11.0. The third-order valence-electron chi connectivity index (χ3n) is 2.81. The second-order valence-electron chi connectivity index (χ2n) is 4.07. The number of pyridine rings is 1. The maximum absolute atomic E-state index is 11.8. The van der Waals surface area contributed by atoms with Crippen molar-refractivity contribution < 1.29 is 9.72 Å². The van der Waals surface area contributed by atoms with Crippen LogP contribution in [0.3, 0.4) is 0 Å². The molecule has 2 N–H and O–H groups in total. The predicted octanol–water partition coefficient (Wildman–Crippen LogP) is 1.06. The normalized spacial score (nSPS) is 19.3. The minimum Gasteiger partial charge on any atom is -0.330 e. The first kappa shape index (κ1) is 12.9. The van der Waals surface area contributed by atoms with E-state index in [1.807, 2.05) is 0 Å². The van der Waals surface area contributed by atoms with Gasteiger partial charge in [0.1, 0.15) is 12.0 Å². The Bertz CT molecular complexity index is 508. The lowest BCUT2D eigenvalue weighted by molar-refractivity contribution is -0.385. The first-order valence-corrected chi connectivity index (χ1v) is 6.12. The predicted molar refractivity (Wildman–Crippen MR) is 68.1 cm³/mol. The average Bonchev–Trinajstić information content (AvgIpc) is 2.70. The highest BCUT2D eigenvalue weighted by atomic mass is 79.9. The highest BCUT2D eigenvalue weighted by molar-refractivity contribution is 9.10. The van der Waals surface area contributed by atoms with E-state index in [0.717, 1.165) is 6.20 Å².